The van der Waals surface area contributed by atoms with E-state index in [1.807, 2.05) is 0 Å². The molecule has 4 heteroatoms. The fourth-order valence-electron chi connectivity index (χ4n) is 1.08. The lowest BCUT2D eigenvalue weighted by molar-refractivity contribution is 0.0544. The number of methoxy groups -OCH3 is 1. The molecule has 0 radical (unpaired) electrons. The Kier molecular flexibility index (Phi) is 12.3. The largest absolute Gasteiger partial charge is 0.382 e. The van der Waals surface area contributed by atoms with Crippen LogP contribution >= 0.6 is 0 Å². The van der Waals surface area contributed by atoms with Gasteiger partial charge in [-0.3, -0.25) is 0 Å². The Labute approximate surface area is 99.0 Å². The van der Waals surface area contributed by atoms with E-state index in [4.69, 9.17) is 14.2 Å². The Bertz CT molecular complexity index is 162. The van der Waals surface area contributed by atoms with Crippen LogP contribution in [0.15, 0.2) is 12.2 Å². The third-order valence-electron chi connectivity index (χ3n) is 1.94. The van der Waals surface area contributed by atoms with Gasteiger partial charge in [0.15, 0.2) is 0 Å². The Morgan fingerprint density at radius 1 is 1.12 bits per heavy atom. The summed E-state index contributed by atoms with van der Waals surface area (Å²) in [7, 11) is 1.67. The second-order valence-corrected chi connectivity index (χ2v) is 3.54. The Morgan fingerprint density at radius 3 is 2.56 bits per heavy atom. The van der Waals surface area contributed by atoms with Gasteiger partial charge in [0.25, 0.3) is 0 Å². The third kappa shape index (κ3) is 11.7. The Hall–Kier alpha value is -0.420. The van der Waals surface area contributed by atoms with E-state index in [-0.39, 0.29) is 0 Å². The molecule has 4 nitrogen and oxygen atoms in total. The summed E-state index contributed by atoms with van der Waals surface area (Å²) in [5.41, 5.74) is 1.09. The normalized spacial score (nSPS) is 10.6. The van der Waals surface area contributed by atoms with Gasteiger partial charge in [0.05, 0.1) is 19.8 Å². The summed E-state index contributed by atoms with van der Waals surface area (Å²) in [6.07, 6.45) is 0.915. The second kappa shape index (κ2) is 12.6. The quantitative estimate of drug-likeness (QED) is 0.405. The monoisotopic (exact) mass is 231 g/mol. The minimum Gasteiger partial charge on any atom is -0.382 e. The minimum absolute atomic E-state index is 0.630. The van der Waals surface area contributed by atoms with Crippen LogP contribution in [0.1, 0.15) is 13.3 Å². The molecule has 0 aromatic carbocycles. The first-order chi connectivity index (χ1) is 7.81. The van der Waals surface area contributed by atoms with Crippen molar-refractivity contribution in [1.82, 2.24) is 5.32 Å². The van der Waals surface area contributed by atoms with Crippen molar-refractivity contribution in [2.24, 2.45) is 0 Å². The maximum Gasteiger partial charge on any atom is 0.0700 e. The molecule has 0 unspecified atom stereocenters. The molecule has 0 aliphatic heterocycles. The van der Waals surface area contributed by atoms with Crippen molar-refractivity contribution < 1.29 is 14.2 Å². The van der Waals surface area contributed by atoms with E-state index in [0.29, 0.717) is 19.8 Å². The number of rotatable bonds is 12. The molecule has 0 aromatic heterocycles. The van der Waals surface area contributed by atoms with Gasteiger partial charge < -0.3 is 19.5 Å². The number of nitrogens with one attached hydrogen (secondary N) is 1. The standard InChI is InChI=1S/C12H25NO3/c1-4-13-10-12(2)11-16-7-5-6-15-9-8-14-3/h13H,2,4-11H2,1,3H3. The summed E-state index contributed by atoms with van der Waals surface area (Å²) in [5, 5.41) is 3.21. The first-order valence-electron chi connectivity index (χ1n) is 5.83. The van der Waals surface area contributed by atoms with Crippen molar-refractivity contribution >= 4 is 0 Å². The van der Waals surface area contributed by atoms with Crippen LogP contribution in [0.25, 0.3) is 0 Å². The van der Waals surface area contributed by atoms with Gasteiger partial charge in [-0.15, -0.1) is 0 Å². The van der Waals surface area contributed by atoms with Gasteiger partial charge in [-0.25, -0.2) is 0 Å². The number of hydrogen-bond donors (Lipinski definition) is 1. The summed E-state index contributed by atoms with van der Waals surface area (Å²) >= 11 is 0. The van der Waals surface area contributed by atoms with Crippen molar-refractivity contribution in [3.63, 3.8) is 0 Å². The van der Waals surface area contributed by atoms with Crippen molar-refractivity contribution in [3.8, 4) is 0 Å². The predicted octanol–water partition coefficient (Wildman–Crippen LogP) is 1.22. The molecule has 0 spiro atoms. The lowest BCUT2D eigenvalue weighted by atomic mass is 10.3. The van der Waals surface area contributed by atoms with E-state index in [0.717, 1.165) is 38.3 Å². The SMILES string of the molecule is C=C(CNCC)COCCCOCCOC. The molecule has 0 aliphatic rings. The average Bonchev–Trinajstić information content (AvgIpc) is 2.30. The van der Waals surface area contributed by atoms with Crippen molar-refractivity contribution in [3.05, 3.63) is 12.2 Å². The summed E-state index contributed by atoms with van der Waals surface area (Å²) in [6.45, 7) is 11.2. The lowest BCUT2D eigenvalue weighted by Gasteiger charge is -2.08. The van der Waals surface area contributed by atoms with Crippen molar-refractivity contribution in [1.29, 1.82) is 0 Å². The summed E-state index contributed by atoms with van der Waals surface area (Å²) in [4.78, 5) is 0. The van der Waals surface area contributed by atoms with E-state index in [1.54, 1.807) is 7.11 Å². The molecule has 0 saturated carbocycles. The van der Waals surface area contributed by atoms with Gasteiger partial charge in [0.2, 0.25) is 0 Å². The van der Waals surface area contributed by atoms with Crippen molar-refractivity contribution in [2.45, 2.75) is 13.3 Å². The summed E-state index contributed by atoms with van der Waals surface area (Å²) in [5.74, 6) is 0. The highest BCUT2D eigenvalue weighted by atomic mass is 16.5. The van der Waals surface area contributed by atoms with Gasteiger partial charge in [-0.2, -0.15) is 0 Å². The molecule has 0 aliphatic carbocycles. The summed E-state index contributed by atoms with van der Waals surface area (Å²) < 4.78 is 15.6. The van der Waals surface area contributed by atoms with Crippen LogP contribution in [0.4, 0.5) is 0 Å². The number of ether oxygens (including phenoxy) is 3. The topological polar surface area (TPSA) is 39.7 Å². The fraction of sp³-hybridized carbons (Fsp3) is 0.833. The van der Waals surface area contributed by atoms with Gasteiger partial charge in [0, 0.05) is 26.9 Å². The van der Waals surface area contributed by atoms with E-state index in [2.05, 4.69) is 18.8 Å². The van der Waals surface area contributed by atoms with Gasteiger partial charge in [-0.1, -0.05) is 13.5 Å². The van der Waals surface area contributed by atoms with E-state index >= 15 is 0 Å². The average molecular weight is 231 g/mol. The molecule has 16 heavy (non-hydrogen) atoms. The maximum absolute atomic E-state index is 5.45. The maximum atomic E-state index is 5.45. The smallest absolute Gasteiger partial charge is 0.0700 e. The molecule has 96 valence electrons. The van der Waals surface area contributed by atoms with Crippen LogP contribution in [-0.2, 0) is 14.2 Å². The molecule has 0 rings (SSSR count). The Morgan fingerprint density at radius 2 is 1.88 bits per heavy atom. The first-order valence-corrected chi connectivity index (χ1v) is 5.83. The zero-order valence-electron chi connectivity index (χ0n) is 10.6. The fourth-order valence-corrected chi connectivity index (χ4v) is 1.08. The summed E-state index contributed by atoms with van der Waals surface area (Å²) in [6, 6.07) is 0. The number of hydrogen-bond acceptors (Lipinski definition) is 4. The van der Waals surface area contributed by atoms with Crippen LogP contribution < -0.4 is 5.32 Å². The van der Waals surface area contributed by atoms with Crippen LogP contribution in [0.2, 0.25) is 0 Å². The highest BCUT2D eigenvalue weighted by Gasteiger charge is 1.94. The van der Waals surface area contributed by atoms with Gasteiger partial charge in [-0.05, 0) is 18.5 Å². The van der Waals surface area contributed by atoms with Gasteiger partial charge >= 0.3 is 0 Å². The molecular weight excluding hydrogens is 206 g/mol. The molecular formula is C12H25NO3. The highest BCUT2D eigenvalue weighted by Crippen LogP contribution is 1.92. The molecule has 0 amide bonds. The van der Waals surface area contributed by atoms with Crippen molar-refractivity contribution in [2.75, 3.05) is 53.2 Å². The van der Waals surface area contributed by atoms with Crippen LogP contribution in [-0.4, -0.2) is 53.2 Å². The molecule has 1 N–H and O–H groups in total. The molecule has 0 saturated heterocycles. The van der Waals surface area contributed by atoms with Crippen LogP contribution in [0, 0.1) is 0 Å². The minimum atomic E-state index is 0.630. The van der Waals surface area contributed by atoms with E-state index < -0.39 is 0 Å². The molecule has 0 bridgehead atoms. The molecule has 0 heterocycles. The molecule has 0 atom stereocenters. The zero-order chi connectivity index (χ0) is 12.1. The Balaban J connectivity index is 3.05. The second-order valence-electron chi connectivity index (χ2n) is 3.54. The van der Waals surface area contributed by atoms with E-state index in [9.17, 15) is 0 Å². The molecule has 0 fully saturated rings. The zero-order valence-corrected chi connectivity index (χ0v) is 10.6. The molecule has 0 aromatic rings. The van der Waals surface area contributed by atoms with Gasteiger partial charge in [0.1, 0.15) is 0 Å². The number of likely N-dealkylation sites (N-methyl/N-ethyl adjacent to an activating group) is 1. The third-order valence-corrected chi connectivity index (χ3v) is 1.94. The van der Waals surface area contributed by atoms with Crippen LogP contribution in [0.3, 0.4) is 0 Å². The first kappa shape index (κ1) is 15.6. The highest BCUT2D eigenvalue weighted by molar-refractivity contribution is 4.96. The predicted molar refractivity (Wildman–Crippen MR) is 65.8 cm³/mol. The lowest BCUT2D eigenvalue weighted by Crippen LogP contribution is -2.18. The van der Waals surface area contributed by atoms with Crippen LogP contribution in [0.5, 0.6) is 0 Å². The van der Waals surface area contributed by atoms with E-state index in [1.165, 1.54) is 0 Å².